The fourth-order valence-electron chi connectivity index (χ4n) is 6.28. The third kappa shape index (κ3) is 5.05. The number of nitrogens with one attached hydrogen (secondary N) is 4. The van der Waals surface area contributed by atoms with Gasteiger partial charge < -0.3 is 10.6 Å². The van der Waals surface area contributed by atoms with Gasteiger partial charge in [0.1, 0.15) is 11.9 Å². The van der Waals surface area contributed by atoms with Crippen molar-refractivity contribution in [3.05, 3.63) is 35.6 Å². The Bertz CT molecular complexity index is 822. The zero-order chi connectivity index (χ0) is 22.7. The quantitative estimate of drug-likeness (QED) is 0.486. The molecule has 0 spiro atoms. The summed E-state index contributed by atoms with van der Waals surface area (Å²) in [5.41, 5.74) is 5.63. The summed E-state index contributed by atoms with van der Waals surface area (Å²) in [5, 5.41) is 5.35. The largest absolute Gasteiger partial charge is 0.334 e. The molecule has 0 radical (unpaired) electrons. The van der Waals surface area contributed by atoms with Crippen molar-refractivity contribution in [3.8, 4) is 0 Å². The zero-order valence-electron chi connectivity index (χ0n) is 18.6. The van der Waals surface area contributed by atoms with E-state index in [0.29, 0.717) is 30.6 Å². The molecule has 4 aliphatic carbocycles. The lowest BCUT2D eigenvalue weighted by Crippen LogP contribution is -2.59. The Hall–Kier alpha value is -2.64. The first kappa shape index (κ1) is 22.6. The maximum atomic E-state index is 13.0. The van der Waals surface area contributed by atoms with Crippen molar-refractivity contribution < 1.29 is 18.8 Å². The van der Waals surface area contributed by atoms with Gasteiger partial charge in [0.2, 0.25) is 5.91 Å². The SMILES string of the molecule is CCCC(NC(=O)NCc1ccc(F)cc1)C(=O)NNC(=O)C12CC3CC(CC(C3)C1)C2. The van der Waals surface area contributed by atoms with Gasteiger partial charge in [0, 0.05) is 6.54 Å². The van der Waals surface area contributed by atoms with Crippen molar-refractivity contribution in [1.82, 2.24) is 21.5 Å². The minimum Gasteiger partial charge on any atom is -0.334 e. The highest BCUT2D eigenvalue weighted by atomic mass is 19.1. The lowest BCUT2D eigenvalue weighted by Gasteiger charge is -2.55. The molecule has 4 amide bonds. The predicted octanol–water partition coefficient (Wildman–Crippen LogP) is 3.16. The maximum Gasteiger partial charge on any atom is 0.315 e. The Labute approximate surface area is 188 Å². The van der Waals surface area contributed by atoms with Crippen LogP contribution in [0.3, 0.4) is 0 Å². The lowest BCUT2D eigenvalue weighted by atomic mass is 9.49. The molecule has 4 N–H and O–H groups in total. The molecule has 0 aliphatic heterocycles. The minimum absolute atomic E-state index is 0.0824. The Morgan fingerprint density at radius 1 is 1.00 bits per heavy atom. The van der Waals surface area contributed by atoms with E-state index < -0.39 is 18.0 Å². The summed E-state index contributed by atoms with van der Waals surface area (Å²) in [6.07, 6.45) is 7.63. The first-order valence-corrected chi connectivity index (χ1v) is 11.8. The van der Waals surface area contributed by atoms with Gasteiger partial charge >= 0.3 is 6.03 Å². The van der Waals surface area contributed by atoms with E-state index in [4.69, 9.17) is 0 Å². The van der Waals surface area contributed by atoms with E-state index in [-0.39, 0.29) is 23.7 Å². The second-order valence-electron chi connectivity index (χ2n) is 9.94. The summed E-state index contributed by atoms with van der Waals surface area (Å²) >= 11 is 0. The third-order valence-corrected chi connectivity index (χ3v) is 7.38. The number of rotatable bonds is 7. The van der Waals surface area contributed by atoms with Crippen molar-refractivity contribution in [2.24, 2.45) is 23.2 Å². The van der Waals surface area contributed by atoms with Crippen molar-refractivity contribution in [2.45, 2.75) is 70.9 Å². The average molecular weight is 445 g/mol. The molecule has 32 heavy (non-hydrogen) atoms. The fraction of sp³-hybridized carbons (Fsp3) is 0.625. The van der Waals surface area contributed by atoms with E-state index in [2.05, 4.69) is 21.5 Å². The zero-order valence-corrected chi connectivity index (χ0v) is 18.6. The Kier molecular flexibility index (Phi) is 6.67. The summed E-state index contributed by atoms with van der Waals surface area (Å²) in [6.45, 7) is 2.14. The molecule has 4 saturated carbocycles. The monoisotopic (exact) mass is 444 g/mol. The predicted molar refractivity (Wildman–Crippen MR) is 117 cm³/mol. The summed E-state index contributed by atoms with van der Waals surface area (Å²) in [7, 11) is 0. The van der Waals surface area contributed by atoms with Crippen LogP contribution >= 0.6 is 0 Å². The van der Waals surface area contributed by atoms with E-state index in [0.717, 1.165) is 24.8 Å². The molecule has 5 rings (SSSR count). The van der Waals surface area contributed by atoms with Crippen LogP contribution in [0.25, 0.3) is 0 Å². The van der Waals surface area contributed by atoms with Crippen LogP contribution in [0.2, 0.25) is 0 Å². The van der Waals surface area contributed by atoms with Crippen LogP contribution in [0.1, 0.15) is 63.9 Å². The topological polar surface area (TPSA) is 99.3 Å². The minimum atomic E-state index is -0.759. The second-order valence-corrected chi connectivity index (χ2v) is 9.94. The highest BCUT2D eigenvalue weighted by Gasteiger charge is 2.54. The fourth-order valence-corrected chi connectivity index (χ4v) is 6.28. The number of carbonyl (C=O) groups is 3. The molecule has 1 aromatic carbocycles. The van der Waals surface area contributed by atoms with Gasteiger partial charge in [0.05, 0.1) is 5.41 Å². The Morgan fingerprint density at radius 2 is 1.59 bits per heavy atom. The van der Waals surface area contributed by atoms with Crippen molar-refractivity contribution in [1.29, 1.82) is 0 Å². The number of amides is 4. The summed E-state index contributed by atoms with van der Waals surface area (Å²) in [6, 6.07) is 4.58. The van der Waals surface area contributed by atoms with Crippen LogP contribution in [0.4, 0.5) is 9.18 Å². The first-order valence-electron chi connectivity index (χ1n) is 11.8. The molecule has 1 aromatic rings. The van der Waals surface area contributed by atoms with E-state index in [1.54, 1.807) is 12.1 Å². The second kappa shape index (κ2) is 9.46. The molecule has 1 unspecified atom stereocenters. The average Bonchev–Trinajstić information content (AvgIpc) is 2.75. The molecule has 4 fully saturated rings. The van der Waals surface area contributed by atoms with E-state index in [9.17, 15) is 18.8 Å². The van der Waals surface area contributed by atoms with Crippen molar-refractivity contribution in [2.75, 3.05) is 0 Å². The molecule has 4 bridgehead atoms. The lowest BCUT2D eigenvalue weighted by molar-refractivity contribution is -0.149. The number of benzene rings is 1. The smallest absolute Gasteiger partial charge is 0.315 e. The summed E-state index contributed by atoms with van der Waals surface area (Å²) in [5.74, 6) is 1.07. The van der Waals surface area contributed by atoms with Crippen LogP contribution in [0.15, 0.2) is 24.3 Å². The molecule has 8 heteroatoms. The van der Waals surface area contributed by atoms with Gasteiger partial charge in [0.15, 0.2) is 0 Å². The molecular weight excluding hydrogens is 411 g/mol. The number of hydrogen-bond donors (Lipinski definition) is 4. The highest BCUT2D eigenvalue weighted by molar-refractivity contribution is 5.90. The van der Waals surface area contributed by atoms with E-state index in [1.807, 2.05) is 6.92 Å². The first-order chi connectivity index (χ1) is 15.4. The van der Waals surface area contributed by atoms with Gasteiger partial charge in [-0.1, -0.05) is 25.5 Å². The third-order valence-electron chi connectivity index (χ3n) is 7.38. The van der Waals surface area contributed by atoms with Gasteiger partial charge in [-0.15, -0.1) is 0 Å². The molecular formula is C24H33FN4O3. The van der Waals surface area contributed by atoms with Gasteiger partial charge in [-0.25, -0.2) is 9.18 Å². The normalized spacial score (nSPS) is 28.6. The Morgan fingerprint density at radius 3 is 2.16 bits per heavy atom. The molecule has 174 valence electrons. The van der Waals surface area contributed by atoms with Crippen molar-refractivity contribution >= 4 is 17.8 Å². The van der Waals surface area contributed by atoms with E-state index in [1.165, 1.54) is 31.4 Å². The molecule has 0 heterocycles. The van der Waals surface area contributed by atoms with Gasteiger partial charge in [-0.05, 0) is 80.4 Å². The van der Waals surface area contributed by atoms with Crippen LogP contribution in [-0.2, 0) is 16.1 Å². The number of hydrogen-bond acceptors (Lipinski definition) is 3. The molecule has 0 saturated heterocycles. The molecule has 4 aliphatic rings. The van der Waals surface area contributed by atoms with Crippen LogP contribution < -0.4 is 21.5 Å². The van der Waals surface area contributed by atoms with E-state index >= 15 is 0 Å². The molecule has 1 atom stereocenters. The van der Waals surface area contributed by atoms with Crippen molar-refractivity contribution in [3.63, 3.8) is 0 Å². The molecule has 0 aromatic heterocycles. The van der Waals surface area contributed by atoms with Crippen LogP contribution in [0, 0.1) is 29.0 Å². The van der Waals surface area contributed by atoms with Gasteiger partial charge in [-0.2, -0.15) is 0 Å². The van der Waals surface area contributed by atoms with Crippen LogP contribution in [0.5, 0.6) is 0 Å². The summed E-state index contributed by atoms with van der Waals surface area (Å²) < 4.78 is 13.0. The Balaban J connectivity index is 1.27. The number of halogens is 1. The maximum absolute atomic E-state index is 13.0. The highest BCUT2D eigenvalue weighted by Crippen LogP contribution is 2.60. The number of urea groups is 1. The number of hydrazine groups is 1. The molecule has 7 nitrogen and oxygen atoms in total. The van der Waals surface area contributed by atoms with Gasteiger partial charge in [0.25, 0.3) is 5.91 Å². The van der Waals surface area contributed by atoms with Gasteiger partial charge in [-0.3, -0.25) is 20.4 Å². The standard InChI is InChI=1S/C24H33FN4O3/c1-2-3-20(27-23(32)26-14-15-4-6-19(25)7-5-15)21(30)28-29-22(31)24-11-16-8-17(12-24)10-18(9-16)13-24/h4-7,16-18,20H,2-3,8-14H2,1H3,(H,28,30)(H,29,31)(H2,26,27,32). The number of carbonyl (C=O) groups excluding carboxylic acids is 3. The summed E-state index contributed by atoms with van der Waals surface area (Å²) in [4.78, 5) is 38.0. The van der Waals surface area contributed by atoms with Crippen LogP contribution in [-0.4, -0.2) is 23.9 Å².